The average Bonchev–Trinajstić information content (AvgIpc) is 2.80. The highest BCUT2D eigenvalue weighted by atomic mass is 32.2. The molecule has 1 amide bonds. The van der Waals surface area contributed by atoms with E-state index in [1.807, 2.05) is 48.7 Å². The topological polar surface area (TPSA) is 84.6 Å². The van der Waals surface area contributed by atoms with Gasteiger partial charge in [-0.25, -0.2) is 4.98 Å². The Hall–Kier alpha value is -3.10. The second-order valence-electron chi connectivity index (χ2n) is 7.39. The largest absolute Gasteiger partial charge is 0.472 e. The number of nitrogens with zero attached hydrogens (tertiary/aromatic N) is 4. The van der Waals surface area contributed by atoms with Gasteiger partial charge in [-0.15, -0.1) is 0 Å². The number of carbonyl (C=O) groups is 1. The van der Waals surface area contributed by atoms with Gasteiger partial charge in [-0.1, -0.05) is 42.1 Å². The number of hydrogen-bond acceptors (Lipinski definition) is 7. The van der Waals surface area contributed by atoms with E-state index in [1.165, 1.54) is 11.8 Å². The highest BCUT2D eigenvalue weighted by Gasteiger charge is 2.19. The summed E-state index contributed by atoms with van der Waals surface area (Å²) in [6, 6.07) is 17.2. The number of aromatic nitrogens is 2. The third-order valence-electron chi connectivity index (χ3n) is 5.08. The minimum absolute atomic E-state index is 0.425. The summed E-state index contributed by atoms with van der Waals surface area (Å²) < 4.78 is 6.13. The van der Waals surface area contributed by atoms with E-state index in [9.17, 15) is 4.79 Å². The van der Waals surface area contributed by atoms with Crippen molar-refractivity contribution in [2.45, 2.75) is 16.4 Å². The molecule has 3 aromatic rings. The summed E-state index contributed by atoms with van der Waals surface area (Å²) in [6.45, 7) is 4.15. The van der Waals surface area contributed by atoms with Gasteiger partial charge in [0.15, 0.2) is 0 Å². The number of likely N-dealkylation sites (N-methyl/N-ethyl adjacent to an activating group) is 1. The Balaban J connectivity index is 1.57. The van der Waals surface area contributed by atoms with E-state index < -0.39 is 5.91 Å². The van der Waals surface area contributed by atoms with Crippen molar-refractivity contribution >= 4 is 23.6 Å². The lowest BCUT2D eigenvalue weighted by Gasteiger charge is -2.32. The highest BCUT2D eigenvalue weighted by Crippen LogP contribution is 2.35. The summed E-state index contributed by atoms with van der Waals surface area (Å²) in [6.07, 6.45) is 1.81. The molecule has 8 heteroatoms. The Morgan fingerprint density at radius 3 is 2.45 bits per heavy atom. The van der Waals surface area contributed by atoms with Gasteiger partial charge in [-0.3, -0.25) is 4.79 Å². The van der Waals surface area contributed by atoms with Crippen molar-refractivity contribution in [1.82, 2.24) is 14.9 Å². The number of benzene rings is 2. The maximum atomic E-state index is 11.3. The third kappa shape index (κ3) is 5.53. The molecule has 0 atom stereocenters. The van der Waals surface area contributed by atoms with Crippen molar-refractivity contribution in [3.8, 4) is 5.88 Å². The zero-order chi connectivity index (χ0) is 21.6. The van der Waals surface area contributed by atoms with Crippen LogP contribution in [0.5, 0.6) is 5.88 Å². The number of hydrogen-bond donors (Lipinski definition) is 1. The first-order chi connectivity index (χ1) is 15.1. The summed E-state index contributed by atoms with van der Waals surface area (Å²) in [4.78, 5) is 26.9. The van der Waals surface area contributed by atoms with Crippen LogP contribution in [0.1, 0.15) is 15.9 Å². The van der Waals surface area contributed by atoms with Crippen molar-refractivity contribution in [2.75, 3.05) is 38.1 Å². The van der Waals surface area contributed by atoms with Crippen LogP contribution in [0, 0.1) is 0 Å². The first-order valence-corrected chi connectivity index (χ1v) is 10.9. The van der Waals surface area contributed by atoms with Crippen molar-refractivity contribution in [3.63, 3.8) is 0 Å². The molecule has 0 radical (unpaired) electrons. The Labute approximate surface area is 186 Å². The zero-order valence-corrected chi connectivity index (χ0v) is 18.2. The number of ether oxygens (including phenoxy) is 1. The van der Waals surface area contributed by atoms with E-state index in [4.69, 9.17) is 15.5 Å². The lowest BCUT2D eigenvalue weighted by atomic mass is 10.2. The van der Waals surface area contributed by atoms with Crippen LogP contribution < -0.4 is 15.4 Å². The minimum atomic E-state index is -0.441. The summed E-state index contributed by atoms with van der Waals surface area (Å²) in [5.74, 6) is 0.796. The number of amides is 1. The smallest absolute Gasteiger partial charge is 0.248 e. The molecule has 0 saturated carbocycles. The van der Waals surface area contributed by atoms with Gasteiger partial charge in [0, 0.05) is 36.6 Å². The number of anilines is 1. The van der Waals surface area contributed by atoms with Crippen LogP contribution in [-0.2, 0) is 6.61 Å². The van der Waals surface area contributed by atoms with Gasteiger partial charge in [0.2, 0.25) is 17.7 Å². The van der Waals surface area contributed by atoms with Crippen molar-refractivity contribution in [2.24, 2.45) is 5.73 Å². The summed E-state index contributed by atoms with van der Waals surface area (Å²) in [5.41, 5.74) is 6.89. The predicted octanol–water partition coefficient (Wildman–Crippen LogP) is 3.06. The molecule has 1 aromatic heterocycles. The van der Waals surface area contributed by atoms with Gasteiger partial charge < -0.3 is 20.3 Å². The first kappa shape index (κ1) is 21.1. The van der Waals surface area contributed by atoms with Crippen LogP contribution in [-0.4, -0.2) is 54.0 Å². The van der Waals surface area contributed by atoms with E-state index in [-0.39, 0.29) is 0 Å². The minimum Gasteiger partial charge on any atom is -0.472 e. The quantitative estimate of drug-likeness (QED) is 0.610. The molecule has 1 aliphatic heterocycles. The second-order valence-corrected chi connectivity index (χ2v) is 8.51. The van der Waals surface area contributed by atoms with E-state index in [1.54, 1.807) is 12.1 Å². The third-order valence-corrected chi connectivity index (χ3v) is 6.09. The molecule has 2 heterocycles. The lowest BCUT2D eigenvalue weighted by molar-refractivity contribution is 0.1000. The zero-order valence-electron chi connectivity index (χ0n) is 17.4. The van der Waals surface area contributed by atoms with Crippen molar-refractivity contribution in [3.05, 3.63) is 71.9 Å². The molecule has 2 aromatic carbocycles. The molecule has 4 rings (SSSR count). The fourth-order valence-corrected chi connectivity index (χ4v) is 4.04. The summed E-state index contributed by atoms with van der Waals surface area (Å²) in [7, 11) is 2.12. The van der Waals surface area contributed by atoms with Crippen molar-refractivity contribution < 1.29 is 9.53 Å². The highest BCUT2D eigenvalue weighted by molar-refractivity contribution is 7.99. The fourth-order valence-electron chi connectivity index (χ4n) is 3.22. The Morgan fingerprint density at radius 1 is 1.06 bits per heavy atom. The predicted molar refractivity (Wildman–Crippen MR) is 122 cm³/mol. The molecule has 1 aliphatic rings. The molecule has 1 fully saturated rings. The van der Waals surface area contributed by atoms with E-state index in [0.717, 1.165) is 41.5 Å². The van der Waals surface area contributed by atoms with Crippen LogP contribution in [0.3, 0.4) is 0 Å². The number of primary amides is 1. The average molecular weight is 436 g/mol. The first-order valence-electron chi connectivity index (χ1n) is 10.1. The molecule has 2 N–H and O–H groups in total. The fraction of sp³-hybridized carbons (Fsp3) is 0.261. The molecule has 31 heavy (non-hydrogen) atoms. The maximum absolute atomic E-state index is 11.3. The molecule has 0 unspecified atom stereocenters. The van der Waals surface area contributed by atoms with E-state index in [0.29, 0.717) is 24.0 Å². The lowest BCUT2D eigenvalue weighted by Crippen LogP contribution is -2.45. The summed E-state index contributed by atoms with van der Waals surface area (Å²) >= 11 is 1.50. The number of nitrogens with two attached hydrogens (primary N) is 1. The van der Waals surface area contributed by atoms with E-state index >= 15 is 0 Å². The van der Waals surface area contributed by atoms with Gasteiger partial charge in [0.1, 0.15) is 6.61 Å². The number of rotatable bonds is 7. The van der Waals surface area contributed by atoms with Crippen LogP contribution in [0.4, 0.5) is 5.95 Å². The maximum Gasteiger partial charge on any atom is 0.248 e. The molecule has 1 saturated heterocycles. The number of piperazine rings is 1. The molecule has 160 valence electrons. The van der Waals surface area contributed by atoms with Gasteiger partial charge in [-0.05, 0) is 36.9 Å². The van der Waals surface area contributed by atoms with Crippen LogP contribution >= 0.6 is 11.8 Å². The Morgan fingerprint density at radius 2 is 1.77 bits per heavy atom. The van der Waals surface area contributed by atoms with Crippen LogP contribution in [0.2, 0.25) is 0 Å². The Bertz CT molecular complexity index is 1020. The summed E-state index contributed by atoms with van der Waals surface area (Å²) in [5, 5.41) is 0. The molecule has 0 spiro atoms. The molecular formula is C23H25N5O2S. The molecule has 0 aliphatic carbocycles. The van der Waals surface area contributed by atoms with Crippen molar-refractivity contribution in [1.29, 1.82) is 0 Å². The van der Waals surface area contributed by atoms with Crippen LogP contribution in [0.25, 0.3) is 0 Å². The van der Waals surface area contributed by atoms with Gasteiger partial charge in [-0.2, -0.15) is 4.98 Å². The standard InChI is InChI=1S/C23H25N5O2S/c1-27-11-13-28(14-12-27)23-25-15-20(31-19-9-7-18(8-10-19)21(24)29)22(26-23)30-16-17-5-3-2-4-6-17/h2-10,15H,11-14,16H2,1H3,(H2,24,29). The molecule has 7 nitrogen and oxygen atoms in total. The monoisotopic (exact) mass is 435 g/mol. The number of carbonyl (C=O) groups excluding carboxylic acids is 1. The molecule has 0 bridgehead atoms. The SMILES string of the molecule is CN1CCN(c2ncc(Sc3ccc(C(N)=O)cc3)c(OCc3ccccc3)n2)CC1. The molecular weight excluding hydrogens is 410 g/mol. The second kappa shape index (κ2) is 9.80. The Kier molecular flexibility index (Phi) is 6.69. The normalized spacial score (nSPS) is 14.4. The van der Waals surface area contributed by atoms with Gasteiger partial charge in [0.05, 0.1) is 11.1 Å². The van der Waals surface area contributed by atoms with E-state index in [2.05, 4.69) is 21.8 Å². The van der Waals surface area contributed by atoms with Crippen LogP contribution in [0.15, 0.2) is 70.6 Å². The van der Waals surface area contributed by atoms with Gasteiger partial charge >= 0.3 is 0 Å². The van der Waals surface area contributed by atoms with Gasteiger partial charge in [0.25, 0.3) is 0 Å².